The largest absolute Gasteiger partial charge is 0.463 e. The highest BCUT2D eigenvalue weighted by Crippen LogP contribution is 2.44. The molecule has 228 valence electrons. The first-order valence-corrected chi connectivity index (χ1v) is 15.8. The molecule has 3 saturated heterocycles. The van der Waals surface area contributed by atoms with Crippen molar-refractivity contribution in [1.29, 1.82) is 5.26 Å². The Morgan fingerprint density at radius 1 is 1.18 bits per heavy atom. The van der Waals surface area contributed by atoms with E-state index in [-0.39, 0.29) is 23.3 Å². The van der Waals surface area contributed by atoms with Crippen LogP contribution in [0.5, 0.6) is 6.01 Å². The van der Waals surface area contributed by atoms with Gasteiger partial charge in [-0.05, 0) is 30.4 Å². The minimum Gasteiger partial charge on any atom is -0.463 e. The summed E-state index contributed by atoms with van der Waals surface area (Å²) in [6, 6.07) is 17.7. The predicted molar refractivity (Wildman–Crippen MR) is 172 cm³/mol. The van der Waals surface area contributed by atoms with Crippen LogP contribution in [-0.4, -0.2) is 95.2 Å². The summed E-state index contributed by atoms with van der Waals surface area (Å²) in [5.41, 5.74) is 3.26. The zero-order valence-electron chi connectivity index (χ0n) is 24.8. The van der Waals surface area contributed by atoms with E-state index < -0.39 is 0 Å². The molecule has 0 saturated carbocycles. The second kappa shape index (κ2) is 11.9. The van der Waals surface area contributed by atoms with Crippen LogP contribution in [0, 0.1) is 11.3 Å². The van der Waals surface area contributed by atoms with Crippen molar-refractivity contribution in [2.75, 3.05) is 62.3 Å². The van der Waals surface area contributed by atoms with Crippen molar-refractivity contribution in [3.05, 3.63) is 66.4 Å². The molecule has 7 rings (SSSR count). The summed E-state index contributed by atoms with van der Waals surface area (Å²) in [5.74, 6) is 0.709. The van der Waals surface area contributed by atoms with Gasteiger partial charge < -0.3 is 24.2 Å². The fourth-order valence-electron chi connectivity index (χ4n) is 6.99. The van der Waals surface area contributed by atoms with Crippen molar-refractivity contribution in [1.82, 2.24) is 19.8 Å². The van der Waals surface area contributed by atoms with Gasteiger partial charge in [-0.15, -0.1) is 12.6 Å². The molecule has 44 heavy (non-hydrogen) atoms. The van der Waals surface area contributed by atoms with Gasteiger partial charge in [-0.25, -0.2) is 0 Å². The molecule has 1 unspecified atom stereocenters. The molecular formula is C33H37N7O3S. The molecule has 3 fully saturated rings. The van der Waals surface area contributed by atoms with Crippen molar-refractivity contribution in [2.45, 2.75) is 42.8 Å². The number of thiol groups is 1. The van der Waals surface area contributed by atoms with Crippen molar-refractivity contribution in [2.24, 2.45) is 0 Å². The first-order valence-electron chi connectivity index (χ1n) is 15.4. The Balaban J connectivity index is 1.14. The smallest absolute Gasteiger partial charge is 0.318 e. The highest BCUT2D eigenvalue weighted by molar-refractivity contribution is 7.81. The summed E-state index contributed by atoms with van der Waals surface area (Å²) in [6.45, 7) is 9.78. The minimum absolute atomic E-state index is 0.143. The van der Waals surface area contributed by atoms with Gasteiger partial charge in [-0.2, -0.15) is 15.2 Å². The molecule has 2 aromatic carbocycles. The van der Waals surface area contributed by atoms with Crippen LogP contribution in [0.3, 0.4) is 0 Å². The lowest BCUT2D eigenvalue weighted by molar-refractivity contribution is -0.236. The Hall–Kier alpha value is -3.85. The fourth-order valence-corrected chi connectivity index (χ4v) is 7.48. The molecule has 0 spiro atoms. The molecule has 5 heterocycles. The lowest BCUT2D eigenvalue weighted by Gasteiger charge is -2.61. The van der Waals surface area contributed by atoms with Gasteiger partial charge in [-0.1, -0.05) is 43.0 Å². The summed E-state index contributed by atoms with van der Waals surface area (Å²) in [6.07, 6.45) is 3.21. The summed E-state index contributed by atoms with van der Waals surface area (Å²) in [7, 11) is 0. The lowest BCUT2D eigenvalue weighted by Crippen LogP contribution is -2.77. The van der Waals surface area contributed by atoms with E-state index in [4.69, 9.17) is 19.4 Å². The van der Waals surface area contributed by atoms with Crippen molar-refractivity contribution in [3.8, 4) is 12.1 Å². The monoisotopic (exact) mass is 611 g/mol. The summed E-state index contributed by atoms with van der Waals surface area (Å²) in [4.78, 5) is 30.9. The van der Waals surface area contributed by atoms with Crippen LogP contribution in [0.4, 0.5) is 11.5 Å². The molecule has 4 aliphatic rings. The van der Waals surface area contributed by atoms with Crippen LogP contribution < -0.4 is 14.5 Å². The average Bonchev–Trinajstić information content (AvgIpc) is 3.05. The first-order chi connectivity index (χ1) is 21.5. The van der Waals surface area contributed by atoms with E-state index in [1.54, 1.807) is 4.90 Å². The van der Waals surface area contributed by atoms with Crippen LogP contribution in [0.2, 0.25) is 0 Å². The van der Waals surface area contributed by atoms with Gasteiger partial charge in [0.05, 0.1) is 50.0 Å². The number of hydrogen-bond acceptors (Lipinski definition) is 10. The number of anilines is 2. The van der Waals surface area contributed by atoms with Crippen LogP contribution >= 0.6 is 12.6 Å². The number of nitriles is 1. The van der Waals surface area contributed by atoms with Crippen LogP contribution in [0.1, 0.15) is 24.1 Å². The van der Waals surface area contributed by atoms with Gasteiger partial charge in [0.25, 0.3) is 0 Å². The normalized spacial score (nSPS) is 24.5. The summed E-state index contributed by atoms with van der Waals surface area (Å²) >= 11 is 4.62. The molecule has 3 aromatic rings. The zero-order valence-corrected chi connectivity index (χ0v) is 25.7. The van der Waals surface area contributed by atoms with Crippen molar-refractivity contribution < 1.29 is 14.3 Å². The number of aromatic nitrogens is 2. The Morgan fingerprint density at radius 3 is 2.82 bits per heavy atom. The number of morpholine rings is 1. The first kappa shape index (κ1) is 28.9. The van der Waals surface area contributed by atoms with Crippen molar-refractivity contribution >= 4 is 40.8 Å². The molecule has 3 atom stereocenters. The van der Waals surface area contributed by atoms with Gasteiger partial charge in [0.15, 0.2) is 0 Å². The molecule has 0 bridgehead atoms. The summed E-state index contributed by atoms with van der Waals surface area (Å²) < 4.78 is 11.8. The standard InChI is InChI=1S/C33H37N7O3S/c1-2-30(41)40-17-16-38(19-24(40)11-13-34)31-26-12-15-37(28-10-5-8-23-7-3-4-9-25(23)28)20-27(26)35-32(36-31)42-18-6-14-39-22-33(44)29(39)21-43-33/h2-5,7-10,24,29,44H,1,6,11-12,14-22H2/t24?,29-,33+/m1/s1. The SMILES string of the molecule is C=CC(=O)N1CCN(c2nc(OCCCN3C[C@@]4(S)OC[C@@H]34)nc3c2CCN(c2cccc4ccccc24)C3)CC1CC#N. The van der Waals surface area contributed by atoms with E-state index in [2.05, 4.69) is 82.4 Å². The summed E-state index contributed by atoms with van der Waals surface area (Å²) in [5, 5.41) is 12.0. The maximum absolute atomic E-state index is 12.5. The number of benzene rings is 2. The van der Waals surface area contributed by atoms with E-state index in [1.807, 2.05) is 0 Å². The highest BCUT2D eigenvalue weighted by atomic mass is 32.1. The van der Waals surface area contributed by atoms with Crippen LogP contribution in [0.25, 0.3) is 10.8 Å². The predicted octanol–water partition coefficient (Wildman–Crippen LogP) is 3.42. The second-order valence-electron chi connectivity index (χ2n) is 12.0. The number of carbonyl (C=O) groups is 1. The number of piperazine rings is 1. The molecule has 11 heteroatoms. The molecule has 4 aliphatic heterocycles. The molecule has 10 nitrogen and oxygen atoms in total. The van der Waals surface area contributed by atoms with Crippen LogP contribution in [-0.2, 0) is 22.5 Å². The van der Waals surface area contributed by atoms with Gasteiger partial charge in [0, 0.05) is 55.9 Å². The maximum Gasteiger partial charge on any atom is 0.318 e. The Bertz CT molecular complexity index is 1620. The van der Waals surface area contributed by atoms with Gasteiger partial charge >= 0.3 is 6.01 Å². The Morgan fingerprint density at radius 2 is 2.05 bits per heavy atom. The van der Waals surface area contributed by atoms with E-state index in [0.717, 1.165) is 56.2 Å². The Kier molecular flexibility index (Phi) is 7.83. The van der Waals surface area contributed by atoms with E-state index >= 15 is 0 Å². The molecule has 1 amide bonds. The Labute approximate surface area is 263 Å². The highest BCUT2D eigenvalue weighted by Gasteiger charge is 2.58. The maximum atomic E-state index is 12.5. The number of rotatable bonds is 9. The third-order valence-corrected chi connectivity index (χ3v) is 9.97. The number of nitrogens with zero attached hydrogens (tertiary/aromatic N) is 7. The molecule has 0 N–H and O–H groups in total. The van der Waals surface area contributed by atoms with E-state index in [1.165, 1.54) is 22.5 Å². The number of ether oxygens (including phenoxy) is 2. The minimum atomic E-state index is -0.253. The molecule has 0 aliphatic carbocycles. The number of likely N-dealkylation sites (tertiary alicyclic amines) is 1. The van der Waals surface area contributed by atoms with E-state index in [0.29, 0.717) is 44.8 Å². The van der Waals surface area contributed by atoms with Crippen molar-refractivity contribution in [3.63, 3.8) is 0 Å². The van der Waals surface area contributed by atoms with Gasteiger partial charge in [-0.3, -0.25) is 9.69 Å². The quantitative estimate of drug-likeness (QED) is 0.222. The third-order valence-electron chi connectivity index (χ3n) is 9.40. The molecule has 1 aromatic heterocycles. The van der Waals surface area contributed by atoms with Gasteiger partial charge in [0.1, 0.15) is 10.8 Å². The fraction of sp³-hybridized carbons (Fsp3) is 0.455. The van der Waals surface area contributed by atoms with E-state index in [9.17, 15) is 10.1 Å². The number of carbonyl (C=O) groups excluding carboxylic acids is 1. The second-order valence-corrected chi connectivity index (χ2v) is 12.7. The number of amides is 1. The topological polar surface area (TPSA) is 98.1 Å². The lowest BCUT2D eigenvalue weighted by atomic mass is 9.93. The number of hydrogen-bond donors (Lipinski definition) is 1. The molecule has 0 radical (unpaired) electrons. The van der Waals surface area contributed by atoms with Crippen LogP contribution in [0.15, 0.2) is 55.1 Å². The third kappa shape index (κ3) is 5.25. The average molecular weight is 612 g/mol. The number of fused-ring (bicyclic) bond motifs is 3. The van der Waals surface area contributed by atoms with Gasteiger partial charge in [0.2, 0.25) is 5.91 Å². The zero-order chi connectivity index (χ0) is 30.3. The molecular weight excluding hydrogens is 574 g/mol.